The summed E-state index contributed by atoms with van der Waals surface area (Å²) >= 11 is 0. The van der Waals surface area contributed by atoms with E-state index in [1.165, 1.54) is 13.1 Å². The van der Waals surface area contributed by atoms with Gasteiger partial charge in [0.15, 0.2) is 0 Å². The first-order valence-corrected chi connectivity index (χ1v) is 12.4. The maximum absolute atomic E-state index is 12.8. The summed E-state index contributed by atoms with van der Waals surface area (Å²) in [4.78, 5) is 16.4. The van der Waals surface area contributed by atoms with Crippen molar-refractivity contribution in [1.82, 2.24) is 9.71 Å². The molecule has 8 heteroatoms. The highest BCUT2D eigenvalue weighted by molar-refractivity contribution is 7.89. The molecule has 0 aliphatic rings. The molecule has 4 rings (SSSR count). The number of nitrogens with one attached hydrogen (secondary N) is 3. The van der Waals surface area contributed by atoms with Crippen molar-refractivity contribution in [3.05, 3.63) is 77.9 Å². The predicted octanol–water partition coefficient (Wildman–Crippen LogP) is 4.63. The molecule has 0 fully saturated rings. The SMILES string of the molecule is CNS(=O)(=O)c1cc(NC(=O)CCc2c(-c3ccc(OC)cc3)[nH]c3ccccc23)ccc1C. The second kappa shape index (κ2) is 9.70. The number of H-pyrrole nitrogens is 1. The third-order valence-electron chi connectivity index (χ3n) is 5.82. The van der Waals surface area contributed by atoms with Crippen LogP contribution >= 0.6 is 0 Å². The van der Waals surface area contributed by atoms with Gasteiger partial charge in [0.2, 0.25) is 15.9 Å². The van der Waals surface area contributed by atoms with E-state index in [0.717, 1.165) is 33.5 Å². The Hall–Kier alpha value is -3.62. The average Bonchev–Trinajstić information content (AvgIpc) is 3.22. The van der Waals surface area contributed by atoms with Gasteiger partial charge in [0.1, 0.15) is 5.75 Å². The lowest BCUT2D eigenvalue weighted by molar-refractivity contribution is -0.116. The Labute approximate surface area is 199 Å². The molecule has 1 heterocycles. The number of carbonyl (C=O) groups is 1. The number of hydrogen-bond acceptors (Lipinski definition) is 4. The van der Waals surface area contributed by atoms with Gasteiger partial charge in [-0.05, 0) is 79.5 Å². The van der Waals surface area contributed by atoms with Crippen molar-refractivity contribution in [2.24, 2.45) is 0 Å². The largest absolute Gasteiger partial charge is 0.497 e. The Morgan fingerprint density at radius 2 is 1.76 bits per heavy atom. The van der Waals surface area contributed by atoms with E-state index in [1.54, 1.807) is 26.2 Å². The maximum atomic E-state index is 12.8. The molecule has 7 nitrogen and oxygen atoms in total. The third kappa shape index (κ3) is 4.83. The number of rotatable bonds is 8. The first kappa shape index (κ1) is 23.5. The number of methoxy groups -OCH3 is 1. The molecule has 3 aromatic carbocycles. The van der Waals surface area contributed by atoms with Crippen LogP contribution < -0.4 is 14.8 Å². The van der Waals surface area contributed by atoms with Gasteiger partial charge >= 0.3 is 0 Å². The molecule has 0 saturated carbocycles. The Bertz CT molecular complexity index is 1440. The van der Waals surface area contributed by atoms with Crippen molar-refractivity contribution in [3.8, 4) is 17.0 Å². The van der Waals surface area contributed by atoms with Crippen LogP contribution in [0, 0.1) is 6.92 Å². The van der Waals surface area contributed by atoms with Crippen molar-refractivity contribution in [1.29, 1.82) is 0 Å². The lowest BCUT2D eigenvalue weighted by Crippen LogP contribution is -2.20. The molecular formula is C26H27N3O4S. The van der Waals surface area contributed by atoms with E-state index in [1.807, 2.05) is 48.5 Å². The molecule has 0 atom stereocenters. The van der Waals surface area contributed by atoms with Gasteiger partial charge in [0.25, 0.3) is 0 Å². The number of benzene rings is 3. The fourth-order valence-electron chi connectivity index (χ4n) is 4.00. The van der Waals surface area contributed by atoms with Gasteiger partial charge < -0.3 is 15.0 Å². The number of anilines is 1. The number of aromatic nitrogens is 1. The lowest BCUT2D eigenvalue weighted by Gasteiger charge is -2.11. The summed E-state index contributed by atoms with van der Waals surface area (Å²) < 4.78 is 32.1. The summed E-state index contributed by atoms with van der Waals surface area (Å²) in [6, 6.07) is 20.7. The van der Waals surface area contributed by atoms with Crippen LogP contribution in [0.4, 0.5) is 5.69 Å². The minimum absolute atomic E-state index is 0.145. The molecular weight excluding hydrogens is 450 g/mol. The van der Waals surface area contributed by atoms with Crippen molar-refractivity contribution < 1.29 is 17.9 Å². The number of amides is 1. The van der Waals surface area contributed by atoms with Gasteiger partial charge in [-0.3, -0.25) is 4.79 Å². The van der Waals surface area contributed by atoms with Crippen LogP contribution in [-0.2, 0) is 21.2 Å². The number of para-hydroxylation sites is 1. The molecule has 176 valence electrons. The summed E-state index contributed by atoms with van der Waals surface area (Å²) in [5, 5.41) is 3.90. The molecule has 34 heavy (non-hydrogen) atoms. The first-order chi connectivity index (χ1) is 16.3. The lowest BCUT2D eigenvalue weighted by atomic mass is 10.0. The molecule has 3 N–H and O–H groups in total. The quantitative estimate of drug-likeness (QED) is 0.344. The number of ether oxygens (including phenoxy) is 1. The molecule has 1 amide bonds. The van der Waals surface area contributed by atoms with Crippen LogP contribution in [0.15, 0.2) is 71.6 Å². The standard InChI is InChI=1S/C26H27N3O4S/c1-17-8-11-19(16-24(17)34(31,32)27-2)28-25(30)15-14-22-21-6-4-5-7-23(21)29-26(22)18-9-12-20(33-3)13-10-18/h4-13,16,27,29H,14-15H2,1-3H3,(H,28,30). The van der Waals surface area contributed by atoms with E-state index >= 15 is 0 Å². The van der Waals surface area contributed by atoms with E-state index in [4.69, 9.17) is 4.74 Å². The van der Waals surface area contributed by atoms with Crippen LogP contribution in [0.2, 0.25) is 0 Å². The monoisotopic (exact) mass is 477 g/mol. The normalized spacial score (nSPS) is 11.5. The molecule has 0 spiro atoms. The molecule has 1 aromatic heterocycles. The molecule has 4 aromatic rings. The molecule has 0 saturated heterocycles. The summed E-state index contributed by atoms with van der Waals surface area (Å²) in [5.74, 6) is 0.584. The Morgan fingerprint density at radius 1 is 1.03 bits per heavy atom. The zero-order valence-electron chi connectivity index (χ0n) is 19.3. The van der Waals surface area contributed by atoms with Gasteiger partial charge in [0, 0.05) is 28.7 Å². The number of aryl methyl sites for hydroxylation is 2. The highest BCUT2D eigenvalue weighted by Crippen LogP contribution is 2.32. The minimum Gasteiger partial charge on any atom is -0.497 e. The summed E-state index contributed by atoms with van der Waals surface area (Å²) in [6.07, 6.45) is 0.762. The van der Waals surface area contributed by atoms with Gasteiger partial charge in [0.05, 0.1) is 12.0 Å². The number of aromatic amines is 1. The minimum atomic E-state index is -3.61. The van der Waals surface area contributed by atoms with Crippen LogP contribution in [-0.4, -0.2) is 33.5 Å². The third-order valence-corrected chi connectivity index (χ3v) is 7.38. The van der Waals surface area contributed by atoms with Gasteiger partial charge in [-0.15, -0.1) is 0 Å². The van der Waals surface area contributed by atoms with Crippen LogP contribution in [0.25, 0.3) is 22.2 Å². The molecule has 0 aliphatic heterocycles. The number of carbonyl (C=O) groups excluding carboxylic acids is 1. The number of hydrogen-bond donors (Lipinski definition) is 3. The molecule has 0 unspecified atom stereocenters. The van der Waals surface area contributed by atoms with Crippen molar-refractivity contribution in [3.63, 3.8) is 0 Å². The van der Waals surface area contributed by atoms with Crippen molar-refractivity contribution in [2.75, 3.05) is 19.5 Å². The van der Waals surface area contributed by atoms with Gasteiger partial charge in [-0.2, -0.15) is 0 Å². The van der Waals surface area contributed by atoms with Crippen LogP contribution in [0.1, 0.15) is 17.5 Å². The molecule has 0 aliphatic carbocycles. The average molecular weight is 478 g/mol. The van der Waals surface area contributed by atoms with Gasteiger partial charge in [-0.1, -0.05) is 24.3 Å². The summed E-state index contributed by atoms with van der Waals surface area (Å²) in [6.45, 7) is 1.72. The predicted molar refractivity (Wildman–Crippen MR) is 135 cm³/mol. The van der Waals surface area contributed by atoms with Crippen molar-refractivity contribution in [2.45, 2.75) is 24.7 Å². The Kier molecular flexibility index (Phi) is 6.72. The topological polar surface area (TPSA) is 100 Å². The van der Waals surface area contributed by atoms with Gasteiger partial charge in [-0.25, -0.2) is 13.1 Å². The van der Waals surface area contributed by atoms with E-state index in [-0.39, 0.29) is 17.2 Å². The Balaban J connectivity index is 1.57. The molecule has 0 bridgehead atoms. The van der Waals surface area contributed by atoms with E-state index in [2.05, 4.69) is 15.0 Å². The zero-order chi connectivity index (χ0) is 24.3. The number of sulfonamides is 1. The van der Waals surface area contributed by atoms with E-state index in [9.17, 15) is 13.2 Å². The summed E-state index contributed by atoms with van der Waals surface area (Å²) in [5.41, 5.74) is 5.08. The fraction of sp³-hybridized carbons (Fsp3) is 0.192. The highest BCUT2D eigenvalue weighted by Gasteiger charge is 2.17. The fourth-order valence-corrected chi connectivity index (χ4v) is 5.00. The zero-order valence-corrected chi connectivity index (χ0v) is 20.1. The van der Waals surface area contributed by atoms with Crippen LogP contribution in [0.3, 0.4) is 0 Å². The number of fused-ring (bicyclic) bond motifs is 1. The first-order valence-electron chi connectivity index (χ1n) is 10.9. The second-order valence-electron chi connectivity index (χ2n) is 7.99. The van der Waals surface area contributed by atoms with E-state index < -0.39 is 10.0 Å². The van der Waals surface area contributed by atoms with Crippen molar-refractivity contribution >= 4 is 32.5 Å². The second-order valence-corrected chi connectivity index (χ2v) is 9.84. The van der Waals surface area contributed by atoms with Crippen LogP contribution in [0.5, 0.6) is 5.75 Å². The summed E-state index contributed by atoms with van der Waals surface area (Å²) in [7, 11) is -0.620. The smallest absolute Gasteiger partial charge is 0.240 e. The highest BCUT2D eigenvalue weighted by atomic mass is 32.2. The van der Waals surface area contributed by atoms with E-state index in [0.29, 0.717) is 17.7 Å². The maximum Gasteiger partial charge on any atom is 0.240 e. The molecule has 0 radical (unpaired) electrons. The Morgan fingerprint density at radius 3 is 2.47 bits per heavy atom.